The summed E-state index contributed by atoms with van der Waals surface area (Å²) in [7, 11) is 1.90. The number of rotatable bonds is 8. The molecule has 3 aromatic rings. The van der Waals surface area contributed by atoms with Crippen LogP contribution in [0.25, 0.3) is 0 Å². The molecule has 0 aliphatic rings. The molecule has 1 N–H and O–H groups in total. The van der Waals surface area contributed by atoms with E-state index in [-0.39, 0.29) is 11.7 Å². The Morgan fingerprint density at radius 1 is 1.14 bits per heavy atom. The molecule has 146 valence electrons. The summed E-state index contributed by atoms with van der Waals surface area (Å²) in [6.07, 6.45) is 0.652. The smallest absolute Gasteiger partial charge is 0.234 e. The average Bonchev–Trinajstić information content (AvgIpc) is 3.03. The van der Waals surface area contributed by atoms with E-state index in [0.29, 0.717) is 23.2 Å². The number of halogens is 1. The quantitative estimate of drug-likeness (QED) is 0.557. The Balaban J connectivity index is 1.53. The molecule has 1 amide bonds. The highest BCUT2D eigenvalue weighted by Crippen LogP contribution is 2.20. The van der Waals surface area contributed by atoms with Gasteiger partial charge in [-0.2, -0.15) is 0 Å². The number of carbonyl (C=O) groups is 1. The molecule has 0 radical (unpaired) electrons. The Labute approximate surface area is 173 Å². The molecule has 2 aromatic carbocycles. The van der Waals surface area contributed by atoms with Crippen LogP contribution in [0.5, 0.6) is 5.75 Å². The van der Waals surface area contributed by atoms with Crippen LogP contribution in [0.2, 0.25) is 5.02 Å². The first-order valence-electron chi connectivity index (χ1n) is 8.83. The lowest BCUT2D eigenvalue weighted by Gasteiger charge is -2.07. The van der Waals surface area contributed by atoms with E-state index >= 15 is 0 Å². The molecule has 1 heterocycles. The van der Waals surface area contributed by atoms with E-state index < -0.39 is 0 Å². The number of nitrogens with zero attached hydrogens (tertiary/aromatic N) is 3. The van der Waals surface area contributed by atoms with Gasteiger partial charge in [0.1, 0.15) is 11.6 Å². The Morgan fingerprint density at radius 2 is 1.86 bits per heavy atom. The van der Waals surface area contributed by atoms with Gasteiger partial charge >= 0.3 is 0 Å². The van der Waals surface area contributed by atoms with Crippen LogP contribution in [-0.4, -0.2) is 33.0 Å². The van der Waals surface area contributed by atoms with Crippen LogP contribution in [0, 0.1) is 0 Å². The lowest BCUT2D eigenvalue weighted by Crippen LogP contribution is -2.14. The zero-order chi connectivity index (χ0) is 19.9. The molecule has 28 heavy (non-hydrogen) atoms. The number of carbonyl (C=O) groups excluding carboxylic acids is 1. The van der Waals surface area contributed by atoms with Gasteiger partial charge < -0.3 is 14.6 Å². The van der Waals surface area contributed by atoms with Crippen LogP contribution in [0.3, 0.4) is 0 Å². The van der Waals surface area contributed by atoms with Crippen LogP contribution in [0.15, 0.2) is 53.7 Å². The number of hydrogen-bond donors (Lipinski definition) is 1. The highest BCUT2D eigenvalue weighted by atomic mass is 35.5. The third kappa shape index (κ3) is 5.50. The minimum absolute atomic E-state index is 0.101. The number of ether oxygens (including phenoxy) is 1. The number of hydrogen-bond acceptors (Lipinski definition) is 5. The monoisotopic (exact) mass is 416 g/mol. The van der Waals surface area contributed by atoms with Crippen molar-refractivity contribution in [3.63, 3.8) is 0 Å². The zero-order valence-electron chi connectivity index (χ0n) is 15.7. The van der Waals surface area contributed by atoms with Gasteiger partial charge in [-0.3, -0.25) is 4.79 Å². The maximum Gasteiger partial charge on any atom is 0.234 e. The van der Waals surface area contributed by atoms with Crippen molar-refractivity contribution in [2.24, 2.45) is 7.05 Å². The Hall–Kier alpha value is -2.51. The fourth-order valence-electron chi connectivity index (χ4n) is 2.54. The molecule has 8 heteroatoms. The summed E-state index contributed by atoms with van der Waals surface area (Å²) in [5.74, 6) is 1.76. The zero-order valence-corrected chi connectivity index (χ0v) is 17.3. The summed E-state index contributed by atoms with van der Waals surface area (Å²) in [5.41, 5.74) is 1.83. The van der Waals surface area contributed by atoms with E-state index in [1.807, 2.05) is 67.1 Å². The number of amides is 1. The van der Waals surface area contributed by atoms with E-state index in [9.17, 15) is 4.79 Å². The number of nitrogens with one attached hydrogen (secondary N) is 1. The molecule has 0 aliphatic carbocycles. The van der Waals surface area contributed by atoms with Crippen molar-refractivity contribution < 1.29 is 9.53 Å². The van der Waals surface area contributed by atoms with E-state index in [2.05, 4.69) is 15.5 Å². The van der Waals surface area contributed by atoms with Crippen LogP contribution >= 0.6 is 23.4 Å². The second kappa shape index (κ2) is 9.61. The predicted octanol–water partition coefficient (Wildman–Crippen LogP) is 4.19. The van der Waals surface area contributed by atoms with Gasteiger partial charge in [0.2, 0.25) is 5.91 Å². The topological polar surface area (TPSA) is 69.0 Å². The summed E-state index contributed by atoms with van der Waals surface area (Å²) < 4.78 is 7.30. The van der Waals surface area contributed by atoms with Gasteiger partial charge in [0, 0.05) is 24.2 Å². The number of benzene rings is 2. The van der Waals surface area contributed by atoms with Crippen LogP contribution in [0.1, 0.15) is 18.3 Å². The highest BCUT2D eigenvalue weighted by Gasteiger charge is 2.12. The van der Waals surface area contributed by atoms with Crippen molar-refractivity contribution in [2.45, 2.75) is 18.5 Å². The van der Waals surface area contributed by atoms with Gasteiger partial charge in [-0.25, -0.2) is 0 Å². The Bertz CT molecular complexity index is 926. The first-order chi connectivity index (χ1) is 13.5. The molecule has 0 saturated heterocycles. The van der Waals surface area contributed by atoms with Crippen molar-refractivity contribution in [2.75, 3.05) is 17.7 Å². The molecule has 3 rings (SSSR count). The van der Waals surface area contributed by atoms with E-state index in [1.54, 1.807) is 0 Å². The molecular formula is C20H21ClN4O2S. The molecule has 0 aliphatic heterocycles. The molecule has 0 saturated carbocycles. The van der Waals surface area contributed by atoms with Gasteiger partial charge in [0.15, 0.2) is 5.16 Å². The first-order valence-corrected chi connectivity index (χ1v) is 10.2. The minimum atomic E-state index is -0.101. The van der Waals surface area contributed by atoms with E-state index in [1.165, 1.54) is 11.8 Å². The second-order valence-electron chi connectivity index (χ2n) is 6.06. The molecule has 0 bridgehead atoms. The maximum atomic E-state index is 12.2. The molecule has 0 unspecified atom stereocenters. The third-order valence-corrected chi connectivity index (χ3v) is 5.25. The molecule has 6 nitrogen and oxygen atoms in total. The Morgan fingerprint density at radius 3 is 2.54 bits per heavy atom. The fraction of sp³-hybridized carbons (Fsp3) is 0.250. The third-order valence-electron chi connectivity index (χ3n) is 3.98. The van der Waals surface area contributed by atoms with Gasteiger partial charge in [-0.1, -0.05) is 35.5 Å². The Kier molecular flexibility index (Phi) is 6.95. The van der Waals surface area contributed by atoms with Gasteiger partial charge in [-0.15, -0.1) is 10.2 Å². The predicted molar refractivity (Wildman–Crippen MR) is 112 cm³/mol. The number of anilines is 1. The minimum Gasteiger partial charge on any atom is -0.494 e. The van der Waals surface area contributed by atoms with Crippen molar-refractivity contribution in [1.29, 1.82) is 0 Å². The molecule has 0 spiro atoms. The summed E-state index contributed by atoms with van der Waals surface area (Å²) in [4.78, 5) is 12.2. The van der Waals surface area contributed by atoms with Crippen molar-refractivity contribution in [3.05, 3.63) is 64.9 Å². The lowest BCUT2D eigenvalue weighted by atomic mass is 10.1. The van der Waals surface area contributed by atoms with E-state index in [0.717, 1.165) is 22.8 Å². The number of thioether (sulfide) groups is 1. The summed E-state index contributed by atoms with van der Waals surface area (Å²) in [5, 5.41) is 12.7. The normalized spacial score (nSPS) is 10.7. The second-order valence-corrected chi connectivity index (χ2v) is 7.43. The van der Waals surface area contributed by atoms with Crippen molar-refractivity contribution in [3.8, 4) is 5.75 Å². The maximum absolute atomic E-state index is 12.2. The summed E-state index contributed by atoms with van der Waals surface area (Å²) >= 11 is 7.27. The van der Waals surface area contributed by atoms with Gasteiger partial charge in [0.05, 0.1) is 12.4 Å². The fourth-order valence-corrected chi connectivity index (χ4v) is 3.39. The van der Waals surface area contributed by atoms with Gasteiger partial charge in [0.25, 0.3) is 0 Å². The highest BCUT2D eigenvalue weighted by molar-refractivity contribution is 7.99. The molecule has 0 atom stereocenters. The molecule has 1 aromatic heterocycles. The van der Waals surface area contributed by atoms with Crippen LogP contribution < -0.4 is 10.1 Å². The van der Waals surface area contributed by atoms with Crippen molar-refractivity contribution in [1.82, 2.24) is 14.8 Å². The molecule has 0 fully saturated rings. The SMILES string of the molecule is CCOc1ccc(NC(=O)CSc2nnc(Cc3ccc(Cl)cc3)n2C)cc1. The summed E-state index contributed by atoms with van der Waals surface area (Å²) in [6.45, 7) is 2.54. The largest absolute Gasteiger partial charge is 0.494 e. The molecular weight excluding hydrogens is 396 g/mol. The van der Waals surface area contributed by atoms with E-state index in [4.69, 9.17) is 16.3 Å². The van der Waals surface area contributed by atoms with Crippen LogP contribution in [-0.2, 0) is 18.3 Å². The number of aromatic nitrogens is 3. The average molecular weight is 417 g/mol. The van der Waals surface area contributed by atoms with Crippen LogP contribution in [0.4, 0.5) is 5.69 Å². The summed E-state index contributed by atoms with van der Waals surface area (Å²) in [6, 6.07) is 14.9. The standard InChI is InChI=1S/C20H21ClN4O2S/c1-3-27-17-10-8-16(9-11-17)22-19(26)13-28-20-24-23-18(25(20)2)12-14-4-6-15(21)7-5-14/h4-11H,3,12-13H2,1-2H3,(H,22,26). The lowest BCUT2D eigenvalue weighted by molar-refractivity contribution is -0.113. The van der Waals surface area contributed by atoms with Crippen molar-refractivity contribution >= 4 is 35.0 Å². The van der Waals surface area contributed by atoms with Gasteiger partial charge in [-0.05, 0) is 48.9 Å². The first kappa shape index (κ1) is 20.2.